The molecular formula is C18H9ClF5N3O3. The second-order valence-electron chi connectivity index (χ2n) is 5.89. The zero-order valence-electron chi connectivity index (χ0n) is 14.5. The Morgan fingerprint density at radius 2 is 1.70 bits per heavy atom. The van der Waals surface area contributed by atoms with Gasteiger partial charge in [0.25, 0.3) is 11.5 Å². The monoisotopic (exact) mass is 445 g/mol. The fourth-order valence-corrected chi connectivity index (χ4v) is 2.69. The van der Waals surface area contributed by atoms with Gasteiger partial charge in [0.1, 0.15) is 17.2 Å². The van der Waals surface area contributed by atoms with Gasteiger partial charge in [-0.3, -0.25) is 9.59 Å². The lowest BCUT2D eigenvalue weighted by Crippen LogP contribution is -2.38. The molecule has 0 bridgehead atoms. The maximum absolute atomic E-state index is 13.4. The quantitative estimate of drug-likeness (QED) is 0.603. The first kappa shape index (κ1) is 21.2. The molecule has 1 amide bonds. The van der Waals surface area contributed by atoms with Crippen LogP contribution in [0.5, 0.6) is 0 Å². The molecule has 1 aromatic heterocycles. The zero-order valence-corrected chi connectivity index (χ0v) is 15.2. The van der Waals surface area contributed by atoms with Gasteiger partial charge in [-0.2, -0.15) is 13.2 Å². The molecule has 3 rings (SSSR count). The number of nitrogens with one attached hydrogen (secondary N) is 2. The lowest BCUT2D eigenvalue weighted by molar-refractivity contribution is -0.139. The van der Waals surface area contributed by atoms with Crippen molar-refractivity contribution in [3.63, 3.8) is 0 Å². The van der Waals surface area contributed by atoms with E-state index in [4.69, 9.17) is 11.6 Å². The van der Waals surface area contributed by atoms with Crippen molar-refractivity contribution >= 4 is 23.2 Å². The number of hydrogen-bond acceptors (Lipinski definition) is 3. The average Bonchev–Trinajstić information content (AvgIpc) is 2.65. The number of rotatable bonds is 3. The molecule has 0 saturated carbocycles. The summed E-state index contributed by atoms with van der Waals surface area (Å²) in [5.74, 6) is -3.52. The summed E-state index contributed by atoms with van der Waals surface area (Å²) in [6.45, 7) is 0. The number of halogens is 6. The standard InChI is InChI=1S/C18H9ClF5N3O3/c19-12-6-9(2-4-14(12)21)27-16(29)10(7-25-17(27)30)15(28)26-8-1-3-13(20)11(5-8)18(22,23)24/h1-7H,(H,25,30)(H,26,28). The van der Waals surface area contributed by atoms with Crippen LogP contribution in [0, 0.1) is 11.6 Å². The van der Waals surface area contributed by atoms with E-state index in [1.165, 1.54) is 0 Å². The first-order chi connectivity index (χ1) is 14.0. The third-order valence-electron chi connectivity index (χ3n) is 3.91. The van der Waals surface area contributed by atoms with Gasteiger partial charge in [-0.15, -0.1) is 0 Å². The molecule has 0 aliphatic carbocycles. The van der Waals surface area contributed by atoms with Crippen LogP contribution in [0.3, 0.4) is 0 Å². The van der Waals surface area contributed by atoms with Crippen molar-refractivity contribution < 1.29 is 26.7 Å². The molecule has 0 atom stereocenters. The van der Waals surface area contributed by atoms with Crippen molar-refractivity contribution in [1.82, 2.24) is 9.55 Å². The Morgan fingerprint density at radius 1 is 1.03 bits per heavy atom. The van der Waals surface area contributed by atoms with E-state index in [0.29, 0.717) is 16.7 Å². The van der Waals surface area contributed by atoms with Crippen LogP contribution in [-0.2, 0) is 6.18 Å². The molecule has 2 N–H and O–H groups in total. The van der Waals surface area contributed by atoms with E-state index in [1.54, 1.807) is 0 Å². The Kier molecular flexibility index (Phi) is 5.49. The van der Waals surface area contributed by atoms with Crippen molar-refractivity contribution in [3.8, 4) is 5.69 Å². The first-order valence-electron chi connectivity index (χ1n) is 7.97. The van der Waals surface area contributed by atoms with Crippen LogP contribution in [0.4, 0.5) is 27.6 Å². The minimum Gasteiger partial charge on any atom is -0.322 e. The summed E-state index contributed by atoms with van der Waals surface area (Å²) in [5.41, 5.74) is -4.95. The van der Waals surface area contributed by atoms with Crippen LogP contribution in [0.25, 0.3) is 5.69 Å². The number of alkyl halides is 3. The number of hydrogen-bond donors (Lipinski definition) is 2. The van der Waals surface area contributed by atoms with Crippen LogP contribution in [0.1, 0.15) is 15.9 Å². The predicted molar refractivity (Wildman–Crippen MR) is 97.0 cm³/mol. The second kappa shape index (κ2) is 7.75. The van der Waals surface area contributed by atoms with Crippen molar-refractivity contribution in [2.75, 3.05) is 5.32 Å². The topological polar surface area (TPSA) is 84.0 Å². The van der Waals surface area contributed by atoms with Crippen molar-refractivity contribution in [1.29, 1.82) is 0 Å². The van der Waals surface area contributed by atoms with E-state index in [2.05, 4.69) is 4.98 Å². The maximum atomic E-state index is 13.4. The van der Waals surface area contributed by atoms with Gasteiger partial charge in [-0.25, -0.2) is 18.1 Å². The lowest BCUT2D eigenvalue weighted by Gasteiger charge is -2.11. The molecule has 0 fully saturated rings. The molecule has 3 aromatic rings. The summed E-state index contributed by atoms with van der Waals surface area (Å²) in [4.78, 5) is 39.2. The number of aromatic amines is 1. The molecular weight excluding hydrogens is 437 g/mol. The van der Waals surface area contributed by atoms with E-state index < -0.39 is 51.8 Å². The SMILES string of the molecule is O=C(Nc1ccc(F)c(C(F)(F)F)c1)c1c[nH]c(=O)n(-c2ccc(F)c(Cl)c2)c1=O. The first-order valence-corrected chi connectivity index (χ1v) is 8.35. The predicted octanol–water partition coefficient (Wildman–Crippen LogP) is 3.73. The molecule has 0 aliphatic rings. The van der Waals surface area contributed by atoms with Crippen molar-refractivity contribution in [2.45, 2.75) is 6.18 Å². The fraction of sp³-hybridized carbons (Fsp3) is 0.0556. The minimum absolute atomic E-state index is 0.150. The van der Waals surface area contributed by atoms with Gasteiger partial charge in [-0.1, -0.05) is 11.6 Å². The smallest absolute Gasteiger partial charge is 0.322 e. The van der Waals surface area contributed by atoms with Crippen molar-refractivity contribution in [3.05, 3.63) is 91.2 Å². The molecule has 156 valence electrons. The van der Waals surface area contributed by atoms with Crippen molar-refractivity contribution in [2.24, 2.45) is 0 Å². The van der Waals surface area contributed by atoms with Gasteiger partial charge in [0.05, 0.1) is 16.3 Å². The van der Waals surface area contributed by atoms with Gasteiger partial charge in [0, 0.05) is 11.9 Å². The highest BCUT2D eigenvalue weighted by Gasteiger charge is 2.34. The summed E-state index contributed by atoms with van der Waals surface area (Å²) in [7, 11) is 0. The van der Waals surface area contributed by atoms with E-state index in [-0.39, 0.29) is 10.7 Å². The largest absolute Gasteiger partial charge is 0.419 e. The number of amides is 1. The van der Waals surface area contributed by atoms with Crippen LogP contribution in [-0.4, -0.2) is 15.5 Å². The number of H-pyrrole nitrogens is 1. The van der Waals surface area contributed by atoms with Gasteiger partial charge < -0.3 is 10.3 Å². The minimum atomic E-state index is -5.00. The number of benzene rings is 2. The fourth-order valence-electron chi connectivity index (χ4n) is 2.51. The van der Waals surface area contributed by atoms with Crippen LogP contribution in [0.2, 0.25) is 5.02 Å². The second-order valence-corrected chi connectivity index (χ2v) is 6.30. The molecule has 0 aliphatic heterocycles. The van der Waals surface area contributed by atoms with Gasteiger partial charge in [0.2, 0.25) is 0 Å². The molecule has 1 heterocycles. The number of anilines is 1. The molecule has 30 heavy (non-hydrogen) atoms. The molecule has 0 spiro atoms. The number of aromatic nitrogens is 2. The zero-order chi connectivity index (χ0) is 22.2. The van der Waals surface area contributed by atoms with Gasteiger partial charge in [0.15, 0.2) is 0 Å². The van der Waals surface area contributed by atoms with E-state index in [9.17, 15) is 36.3 Å². The van der Waals surface area contributed by atoms with E-state index in [1.807, 2.05) is 5.32 Å². The third kappa shape index (κ3) is 4.10. The Morgan fingerprint density at radius 3 is 2.33 bits per heavy atom. The summed E-state index contributed by atoms with van der Waals surface area (Å²) >= 11 is 5.64. The highest BCUT2D eigenvalue weighted by molar-refractivity contribution is 6.30. The van der Waals surface area contributed by atoms with Gasteiger partial charge in [-0.05, 0) is 36.4 Å². The van der Waals surface area contributed by atoms with Crippen LogP contribution < -0.4 is 16.6 Å². The van der Waals surface area contributed by atoms with E-state index in [0.717, 1.165) is 30.5 Å². The molecule has 6 nitrogen and oxygen atoms in total. The Hall–Kier alpha value is -3.47. The molecule has 0 radical (unpaired) electrons. The summed E-state index contributed by atoms with van der Waals surface area (Å²) < 4.78 is 65.6. The Labute approximate surface area is 168 Å². The summed E-state index contributed by atoms with van der Waals surface area (Å²) in [6, 6.07) is 4.67. The lowest BCUT2D eigenvalue weighted by atomic mass is 10.1. The highest BCUT2D eigenvalue weighted by atomic mass is 35.5. The molecule has 0 saturated heterocycles. The molecule has 2 aromatic carbocycles. The number of nitrogens with zero attached hydrogens (tertiary/aromatic N) is 1. The number of carbonyl (C=O) groups excluding carboxylic acids is 1. The van der Waals surface area contributed by atoms with Crippen LogP contribution >= 0.6 is 11.6 Å². The Balaban J connectivity index is 2.01. The van der Waals surface area contributed by atoms with Crippen LogP contribution in [0.15, 0.2) is 52.2 Å². The Bertz CT molecular complexity index is 1270. The highest BCUT2D eigenvalue weighted by Crippen LogP contribution is 2.33. The normalized spacial score (nSPS) is 11.4. The summed E-state index contributed by atoms with van der Waals surface area (Å²) in [6.07, 6.45) is -4.24. The molecule has 12 heteroatoms. The average molecular weight is 446 g/mol. The third-order valence-corrected chi connectivity index (χ3v) is 4.20. The number of carbonyl (C=O) groups is 1. The maximum Gasteiger partial charge on any atom is 0.419 e. The van der Waals surface area contributed by atoms with E-state index >= 15 is 0 Å². The summed E-state index contributed by atoms with van der Waals surface area (Å²) in [5, 5.41) is 1.64. The molecule has 0 unspecified atom stereocenters. The van der Waals surface area contributed by atoms with Gasteiger partial charge >= 0.3 is 11.9 Å².